The number of nitrogens with two attached hydrogens (primary N) is 1. The van der Waals surface area contributed by atoms with Crippen LogP contribution in [0.5, 0.6) is 0 Å². The third-order valence-corrected chi connectivity index (χ3v) is 1.99. The van der Waals surface area contributed by atoms with E-state index in [2.05, 4.69) is 9.72 Å². The van der Waals surface area contributed by atoms with Crippen LogP contribution < -0.4 is 5.73 Å². The van der Waals surface area contributed by atoms with E-state index in [4.69, 9.17) is 10.8 Å². The molecule has 6 heteroatoms. The molecule has 0 radical (unpaired) electrons. The fourth-order valence-corrected chi connectivity index (χ4v) is 1.10. The van der Waals surface area contributed by atoms with Crippen molar-refractivity contribution >= 4 is 11.9 Å². The molecule has 1 rings (SSSR count). The van der Waals surface area contributed by atoms with Gasteiger partial charge in [-0.2, -0.15) is 0 Å². The van der Waals surface area contributed by atoms with Gasteiger partial charge < -0.3 is 15.6 Å². The summed E-state index contributed by atoms with van der Waals surface area (Å²) in [6.07, 6.45) is 1.45. The molecule has 1 aromatic heterocycles. The SMILES string of the molecule is COC(=O)c1ccc(CC(N)C(=O)O)nc1. The summed E-state index contributed by atoms with van der Waals surface area (Å²) in [7, 11) is 1.27. The predicted octanol–water partition coefficient (Wildman–Crippen LogP) is -0.177. The average molecular weight is 224 g/mol. The second-order valence-corrected chi connectivity index (χ2v) is 3.18. The number of aliphatic carboxylic acids is 1. The first-order valence-corrected chi connectivity index (χ1v) is 4.56. The zero-order chi connectivity index (χ0) is 12.1. The second kappa shape index (κ2) is 5.22. The minimum absolute atomic E-state index is 0.122. The number of esters is 1. The highest BCUT2D eigenvalue weighted by molar-refractivity contribution is 5.88. The number of aromatic nitrogens is 1. The zero-order valence-electron chi connectivity index (χ0n) is 8.71. The monoisotopic (exact) mass is 224 g/mol. The summed E-state index contributed by atoms with van der Waals surface area (Å²) < 4.78 is 4.50. The molecule has 1 aromatic rings. The molecule has 1 unspecified atom stereocenters. The van der Waals surface area contributed by atoms with E-state index in [1.807, 2.05) is 0 Å². The van der Waals surface area contributed by atoms with Crippen molar-refractivity contribution in [3.63, 3.8) is 0 Å². The van der Waals surface area contributed by atoms with Crippen LogP contribution in [0.4, 0.5) is 0 Å². The molecule has 1 atom stereocenters. The number of carboxylic acids is 1. The molecule has 6 nitrogen and oxygen atoms in total. The van der Waals surface area contributed by atoms with Crippen molar-refractivity contribution < 1.29 is 19.4 Å². The Hall–Kier alpha value is -1.95. The van der Waals surface area contributed by atoms with E-state index >= 15 is 0 Å². The lowest BCUT2D eigenvalue weighted by Gasteiger charge is -2.05. The molecular weight excluding hydrogens is 212 g/mol. The van der Waals surface area contributed by atoms with Crippen LogP contribution in [0.25, 0.3) is 0 Å². The van der Waals surface area contributed by atoms with Gasteiger partial charge in [-0.1, -0.05) is 0 Å². The maximum Gasteiger partial charge on any atom is 0.339 e. The van der Waals surface area contributed by atoms with Crippen molar-refractivity contribution in [2.75, 3.05) is 7.11 Å². The van der Waals surface area contributed by atoms with E-state index in [9.17, 15) is 9.59 Å². The van der Waals surface area contributed by atoms with Crippen molar-refractivity contribution in [2.24, 2.45) is 5.73 Å². The van der Waals surface area contributed by atoms with Crippen LogP contribution in [0, 0.1) is 0 Å². The predicted molar refractivity (Wildman–Crippen MR) is 54.9 cm³/mol. The lowest BCUT2D eigenvalue weighted by molar-refractivity contribution is -0.138. The molecule has 0 aliphatic rings. The maximum absolute atomic E-state index is 11.1. The summed E-state index contributed by atoms with van der Waals surface area (Å²) in [5, 5.41) is 8.60. The Balaban J connectivity index is 2.72. The Morgan fingerprint density at radius 1 is 1.56 bits per heavy atom. The number of carboxylic acid groups (broad SMARTS) is 1. The number of nitrogens with zero attached hydrogens (tertiary/aromatic N) is 1. The van der Waals surface area contributed by atoms with Gasteiger partial charge in [0.25, 0.3) is 0 Å². The summed E-state index contributed by atoms with van der Waals surface area (Å²) in [4.78, 5) is 25.5. The van der Waals surface area contributed by atoms with E-state index in [1.54, 1.807) is 6.07 Å². The quantitative estimate of drug-likeness (QED) is 0.688. The zero-order valence-corrected chi connectivity index (χ0v) is 8.71. The molecule has 3 N–H and O–H groups in total. The van der Waals surface area contributed by atoms with Crippen LogP contribution in [0.3, 0.4) is 0 Å². The van der Waals surface area contributed by atoms with E-state index < -0.39 is 18.0 Å². The van der Waals surface area contributed by atoms with Crippen LogP contribution in [-0.2, 0) is 16.0 Å². The number of rotatable bonds is 4. The molecule has 0 aliphatic carbocycles. The molecule has 0 spiro atoms. The number of carbonyl (C=O) groups excluding carboxylic acids is 1. The fraction of sp³-hybridized carbons (Fsp3) is 0.300. The molecule has 0 bridgehead atoms. The topological polar surface area (TPSA) is 103 Å². The lowest BCUT2D eigenvalue weighted by atomic mass is 10.1. The highest BCUT2D eigenvalue weighted by Gasteiger charge is 2.13. The standard InChI is InChI=1S/C10H12N2O4/c1-16-10(15)6-2-3-7(12-5-6)4-8(11)9(13)14/h2-3,5,8H,4,11H2,1H3,(H,13,14). The minimum atomic E-state index is -1.08. The minimum Gasteiger partial charge on any atom is -0.480 e. The molecule has 0 saturated carbocycles. The van der Waals surface area contributed by atoms with Gasteiger partial charge in [0.15, 0.2) is 0 Å². The van der Waals surface area contributed by atoms with Gasteiger partial charge >= 0.3 is 11.9 Å². The van der Waals surface area contributed by atoms with E-state index in [1.165, 1.54) is 19.4 Å². The molecule has 16 heavy (non-hydrogen) atoms. The number of ether oxygens (including phenoxy) is 1. The first-order valence-electron chi connectivity index (χ1n) is 4.56. The molecule has 1 heterocycles. The van der Waals surface area contributed by atoms with Crippen LogP contribution >= 0.6 is 0 Å². The Kier molecular flexibility index (Phi) is 3.96. The Morgan fingerprint density at radius 3 is 2.69 bits per heavy atom. The highest BCUT2D eigenvalue weighted by atomic mass is 16.5. The summed E-state index contributed by atoms with van der Waals surface area (Å²) in [5.41, 5.74) is 6.17. The first-order chi connectivity index (χ1) is 7.54. The van der Waals surface area contributed by atoms with Gasteiger partial charge in [-0.3, -0.25) is 9.78 Å². The van der Waals surface area contributed by atoms with Crippen LogP contribution in [-0.4, -0.2) is 35.2 Å². The maximum atomic E-state index is 11.1. The van der Waals surface area contributed by atoms with Gasteiger partial charge in [-0.15, -0.1) is 0 Å². The summed E-state index contributed by atoms with van der Waals surface area (Å²) in [5.74, 6) is -1.57. The summed E-state index contributed by atoms with van der Waals surface area (Å²) in [6.45, 7) is 0. The van der Waals surface area contributed by atoms with Crippen LogP contribution in [0.2, 0.25) is 0 Å². The molecule has 0 saturated heterocycles. The fourth-order valence-electron chi connectivity index (χ4n) is 1.10. The smallest absolute Gasteiger partial charge is 0.339 e. The summed E-state index contributed by atoms with van der Waals surface area (Å²) in [6, 6.07) is 2.08. The number of carbonyl (C=O) groups is 2. The number of hydrogen-bond acceptors (Lipinski definition) is 5. The van der Waals surface area contributed by atoms with Crippen LogP contribution in [0.15, 0.2) is 18.3 Å². The first kappa shape index (κ1) is 12.1. The van der Waals surface area contributed by atoms with Gasteiger partial charge in [-0.25, -0.2) is 4.79 Å². The Morgan fingerprint density at radius 2 is 2.25 bits per heavy atom. The molecule has 86 valence electrons. The molecule has 0 amide bonds. The Labute approximate surface area is 92.0 Å². The van der Waals surface area contributed by atoms with E-state index in [-0.39, 0.29) is 6.42 Å². The average Bonchev–Trinajstić information content (AvgIpc) is 2.28. The lowest BCUT2D eigenvalue weighted by Crippen LogP contribution is -2.32. The second-order valence-electron chi connectivity index (χ2n) is 3.18. The van der Waals surface area contributed by atoms with Crippen molar-refractivity contribution in [2.45, 2.75) is 12.5 Å². The third-order valence-electron chi connectivity index (χ3n) is 1.99. The largest absolute Gasteiger partial charge is 0.480 e. The van der Waals surface area contributed by atoms with Gasteiger partial charge in [0, 0.05) is 18.3 Å². The highest BCUT2D eigenvalue weighted by Crippen LogP contribution is 2.04. The Bertz CT molecular complexity index is 388. The van der Waals surface area contributed by atoms with Crippen molar-refractivity contribution in [3.05, 3.63) is 29.6 Å². The van der Waals surface area contributed by atoms with Gasteiger partial charge in [0.2, 0.25) is 0 Å². The number of methoxy groups -OCH3 is 1. The van der Waals surface area contributed by atoms with Gasteiger partial charge in [-0.05, 0) is 12.1 Å². The molecule has 0 aliphatic heterocycles. The van der Waals surface area contributed by atoms with Gasteiger partial charge in [0.05, 0.1) is 12.7 Å². The normalized spacial score (nSPS) is 11.9. The van der Waals surface area contributed by atoms with Gasteiger partial charge in [0.1, 0.15) is 6.04 Å². The number of pyridine rings is 1. The summed E-state index contributed by atoms with van der Waals surface area (Å²) >= 11 is 0. The third kappa shape index (κ3) is 3.03. The van der Waals surface area contributed by atoms with E-state index in [0.717, 1.165) is 0 Å². The van der Waals surface area contributed by atoms with Crippen molar-refractivity contribution in [3.8, 4) is 0 Å². The number of hydrogen-bond donors (Lipinski definition) is 2. The molecule has 0 fully saturated rings. The van der Waals surface area contributed by atoms with E-state index in [0.29, 0.717) is 11.3 Å². The van der Waals surface area contributed by atoms with Crippen molar-refractivity contribution in [1.82, 2.24) is 4.98 Å². The molecular formula is C10H12N2O4. The van der Waals surface area contributed by atoms with Crippen molar-refractivity contribution in [1.29, 1.82) is 0 Å². The van der Waals surface area contributed by atoms with Crippen LogP contribution in [0.1, 0.15) is 16.1 Å². The molecule has 0 aromatic carbocycles.